The highest BCUT2D eigenvalue weighted by atomic mass is 32.2. The lowest BCUT2D eigenvalue weighted by molar-refractivity contribution is -0.142. The van der Waals surface area contributed by atoms with E-state index in [4.69, 9.17) is 5.73 Å². The Bertz CT molecular complexity index is 432. The van der Waals surface area contributed by atoms with Crippen molar-refractivity contribution in [2.45, 2.75) is 58.7 Å². The van der Waals surface area contributed by atoms with Crippen LogP contribution in [-0.2, 0) is 14.4 Å². The van der Waals surface area contributed by atoms with Crippen LogP contribution in [-0.4, -0.2) is 53.0 Å². The minimum Gasteiger partial charge on any atom is -0.480 e. The van der Waals surface area contributed by atoms with E-state index in [1.807, 2.05) is 20.1 Å². The molecule has 24 heavy (non-hydrogen) atoms. The number of carbonyl (C=O) groups excluding carboxylic acids is 2. The van der Waals surface area contributed by atoms with Crippen LogP contribution in [0.15, 0.2) is 0 Å². The Morgan fingerprint density at radius 3 is 2.12 bits per heavy atom. The molecular formula is C16H31N3O4S. The number of carboxylic acid groups (broad SMARTS) is 1. The Hall–Kier alpha value is -1.28. The molecule has 0 heterocycles. The summed E-state index contributed by atoms with van der Waals surface area (Å²) in [7, 11) is 0. The van der Waals surface area contributed by atoms with Crippen LogP contribution in [0.4, 0.5) is 0 Å². The molecule has 0 aromatic heterocycles. The number of nitrogens with two attached hydrogens (primary N) is 1. The number of nitrogens with one attached hydrogen (secondary N) is 2. The Kier molecular flexibility index (Phi) is 10.7. The largest absolute Gasteiger partial charge is 0.480 e. The molecule has 5 N–H and O–H groups in total. The molecule has 0 aliphatic heterocycles. The summed E-state index contributed by atoms with van der Waals surface area (Å²) in [6.07, 6.45) is 2.95. The number of amides is 2. The topological polar surface area (TPSA) is 122 Å². The van der Waals surface area contributed by atoms with Crippen LogP contribution in [0.3, 0.4) is 0 Å². The molecular weight excluding hydrogens is 330 g/mol. The molecule has 0 aromatic carbocycles. The summed E-state index contributed by atoms with van der Waals surface area (Å²) in [4.78, 5) is 35.9. The fourth-order valence-corrected chi connectivity index (χ4v) is 2.52. The van der Waals surface area contributed by atoms with Crippen LogP contribution in [0.25, 0.3) is 0 Å². The zero-order valence-electron chi connectivity index (χ0n) is 15.2. The predicted octanol–water partition coefficient (Wildman–Crippen LogP) is 0.823. The van der Waals surface area contributed by atoms with E-state index in [9.17, 15) is 19.5 Å². The van der Waals surface area contributed by atoms with Crippen molar-refractivity contribution in [3.8, 4) is 0 Å². The molecule has 0 saturated heterocycles. The van der Waals surface area contributed by atoms with Crippen LogP contribution in [0.2, 0.25) is 0 Å². The maximum atomic E-state index is 12.4. The Morgan fingerprint density at radius 1 is 1.12 bits per heavy atom. The molecule has 0 aliphatic rings. The lowest BCUT2D eigenvalue weighted by atomic mass is 9.97. The second kappa shape index (κ2) is 11.3. The van der Waals surface area contributed by atoms with Crippen LogP contribution >= 0.6 is 11.8 Å². The molecule has 0 saturated carbocycles. The first-order valence-electron chi connectivity index (χ1n) is 8.23. The highest BCUT2D eigenvalue weighted by Gasteiger charge is 2.30. The predicted molar refractivity (Wildman–Crippen MR) is 96.8 cm³/mol. The van der Waals surface area contributed by atoms with Crippen molar-refractivity contribution < 1.29 is 19.5 Å². The van der Waals surface area contributed by atoms with Gasteiger partial charge in [-0.1, -0.05) is 34.1 Å². The average molecular weight is 362 g/mol. The van der Waals surface area contributed by atoms with Crippen molar-refractivity contribution >= 4 is 29.5 Å². The molecule has 0 fully saturated rings. The van der Waals surface area contributed by atoms with E-state index in [0.717, 1.165) is 6.42 Å². The molecule has 8 heteroatoms. The van der Waals surface area contributed by atoms with Crippen molar-refractivity contribution in [3.63, 3.8) is 0 Å². The molecule has 0 aromatic rings. The molecule has 4 atom stereocenters. The molecule has 0 rings (SSSR count). The van der Waals surface area contributed by atoms with E-state index >= 15 is 0 Å². The van der Waals surface area contributed by atoms with Crippen LogP contribution < -0.4 is 16.4 Å². The second-order valence-corrected chi connectivity index (χ2v) is 7.31. The summed E-state index contributed by atoms with van der Waals surface area (Å²) in [5, 5.41) is 14.4. The van der Waals surface area contributed by atoms with Gasteiger partial charge < -0.3 is 21.5 Å². The smallest absolute Gasteiger partial charge is 0.326 e. The molecule has 140 valence electrons. The summed E-state index contributed by atoms with van der Waals surface area (Å²) in [6.45, 7) is 7.39. The minimum atomic E-state index is -1.08. The molecule has 0 aliphatic carbocycles. The van der Waals surface area contributed by atoms with Gasteiger partial charge in [0.15, 0.2) is 0 Å². The van der Waals surface area contributed by atoms with Crippen molar-refractivity contribution in [1.29, 1.82) is 0 Å². The molecule has 4 unspecified atom stereocenters. The van der Waals surface area contributed by atoms with Gasteiger partial charge >= 0.3 is 5.97 Å². The zero-order valence-corrected chi connectivity index (χ0v) is 16.0. The standard InChI is InChI=1S/C16H31N3O4S/c1-6-10(4)12(17)14(20)19-13(9(2)3)15(21)18-11(16(22)23)7-8-24-5/h9-13H,6-8,17H2,1-5H3,(H,18,21)(H,19,20)(H,22,23). The molecule has 7 nitrogen and oxygen atoms in total. The van der Waals surface area contributed by atoms with Gasteiger partial charge in [0.25, 0.3) is 0 Å². The lowest BCUT2D eigenvalue weighted by Gasteiger charge is -2.26. The summed E-state index contributed by atoms with van der Waals surface area (Å²) in [5.74, 6) is -1.54. The average Bonchev–Trinajstić information content (AvgIpc) is 2.53. The van der Waals surface area contributed by atoms with E-state index in [1.54, 1.807) is 13.8 Å². The second-order valence-electron chi connectivity index (χ2n) is 6.32. The van der Waals surface area contributed by atoms with Gasteiger partial charge in [0.1, 0.15) is 12.1 Å². The zero-order chi connectivity index (χ0) is 18.9. The van der Waals surface area contributed by atoms with E-state index in [1.165, 1.54) is 11.8 Å². The van der Waals surface area contributed by atoms with E-state index in [0.29, 0.717) is 12.2 Å². The number of thioether (sulfide) groups is 1. The highest BCUT2D eigenvalue weighted by molar-refractivity contribution is 7.98. The maximum Gasteiger partial charge on any atom is 0.326 e. The Balaban J connectivity index is 4.94. The fourth-order valence-electron chi connectivity index (χ4n) is 2.05. The fraction of sp³-hybridized carbons (Fsp3) is 0.812. The van der Waals surface area contributed by atoms with Crippen LogP contribution in [0.5, 0.6) is 0 Å². The number of hydrogen-bond donors (Lipinski definition) is 4. The van der Waals surface area contributed by atoms with Gasteiger partial charge in [0.05, 0.1) is 6.04 Å². The summed E-state index contributed by atoms with van der Waals surface area (Å²) >= 11 is 1.51. The number of carboxylic acids is 1. The Labute approximate surface area is 148 Å². The van der Waals surface area contributed by atoms with Gasteiger partial charge in [0.2, 0.25) is 11.8 Å². The third kappa shape index (κ3) is 7.53. The quantitative estimate of drug-likeness (QED) is 0.432. The number of hydrogen-bond acceptors (Lipinski definition) is 5. The number of carbonyl (C=O) groups is 3. The first-order chi connectivity index (χ1) is 11.1. The van der Waals surface area contributed by atoms with E-state index in [-0.39, 0.29) is 11.8 Å². The lowest BCUT2D eigenvalue weighted by Crippen LogP contribution is -2.57. The molecule has 0 bridgehead atoms. The van der Waals surface area contributed by atoms with Crippen molar-refractivity contribution in [2.24, 2.45) is 17.6 Å². The van der Waals surface area contributed by atoms with Crippen molar-refractivity contribution in [3.05, 3.63) is 0 Å². The van der Waals surface area contributed by atoms with Gasteiger partial charge in [-0.3, -0.25) is 9.59 Å². The normalized spacial score (nSPS) is 16.1. The highest BCUT2D eigenvalue weighted by Crippen LogP contribution is 2.09. The van der Waals surface area contributed by atoms with Crippen molar-refractivity contribution in [1.82, 2.24) is 10.6 Å². The van der Waals surface area contributed by atoms with Gasteiger partial charge in [-0.15, -0.1) is 0 Å². The SMILES string of the molecule is CCC(C)C(N)C(=O)NC(C(=O)NC(CCSC)C(=O)O)C(C)C. The Morgan fingerprint density at radius 2 is 1.71 bits per heavy atom. The molecule has 2 amide bonds. The monoisotopic (exact) mass is 361 g/mol. The number of rotatable bonds is 11. The van der Waals surface area contributed by atoms with E-state index < -0.39 is 35.9 Å². The third-order valence-corrected chi connectivity index (χ3v) is 4.68. The molecule has 0 spiro atoms. The van der Waals surface area contributed by atoms with E-state index in [2.05, 4.69) is 10.6 Å². The minimum absolute atomic E-state index is 0.00535. The van der Waals surface area contributed by atoms with Gasteiger partial charge in [-0.05, 0) is 30.3 Å². The third-order valence-electron chi connectivity index (χ3n) is 4.03. The number of aliphatic carboxylic acids is 1. The van der Waals surface area contributed by atoms with Gasteiger partial charge in [0, 0.05) is 0 Å². The first kappa shape index (κ1) is 22.7. The maximum absolute atomic E-state index is 12.4. The van der Waals surface area contributed by atoms with Gasteiger partial charge in [-0.2, -0.15) is 11.8 Å². The molecule has 0 radical (unpaired) electrons. The van der Waals surface area contributed by atoms with Gasteiger partial charge in [-0.25, -0.2) is 4.79 Å². The van der Waals surface area contributed by atoms with Crippen molar-refractivity contribution in [2.75, 3.05) is 12.0 Å². The van der Waals surface area contributed by atoms with Crippen LogP contribution in [0, 0.1) is 11.8 Å². The summed E-state index contributed by atoms with van der Waals surface area (Å²) in [5.41, 5.74) is 5.89. The summed E-state index contributed by atoms with van der Waals surface area (Å²) < 4.78 is 0. The van der Waals surface area contributed by atoms with Crippen LogP contribution in [0.1, 0.15) is 40.5 Å². The first-order valence-corrected chi connectivity index (χ1v) is 9.63. The summed E-state index contributed by atoms with van der Waals surface area (Å²) in [6, 6.07) is -2.48.